The van der Waals surface area contributed by atoms with E-state index in [1.165, 1.54) is 43.0 Å². The van der Waals surface area contributed by atoms with Crippen LogP contribution in [0.3, 0.4) is 0 Å². The van der Waals surface area contributed by atoms with Gasteiger partial charge in [0.2, 0.25) is 0 Å². The second kappa shape index (κ2) is 13.1. The maximum atomic E-state index is 6.48. The van der Waals surface area contributed by atoms with Crippen molar-refractivity contribution in [3.8, 4) is 44.5 Å². The number of H-pyrrole nitrogens is 2. The van der Waals surface area contributed by atoms with E-state index in [9.17, 15) is 0 Å². The van der Waals surface area contributed by atoms with Gasteiger partial charge in [-0.05, 0) is 0 Å². The molecule has 0 saturated heterocycles. The Kier molecular flexibility index (Phi) is 7.87. The van der Waals surface area contributed by atoms with E-state index in [1.54, 1.807) is 0 Å². The van der Waals surface area contributed by atoms with E-state index in [-0.39, 0.29) is 0 Å². The Bertz CT molecular complexity index is 3020. The third-order valence-electron chi connectivity index (χ3n) is 12.3. The van der Waals surface area contributed by atoms with E-state index in [2.05, 4.69) is 156 Å². The third kappa shape index (κ3) is 4.98. The van der Waals surface area contributed by atoms with Crippen molar-refractivity contribution in [3.63, 3.8) is 0 Å². The molecule has 0 atom stereocenters. The summed E-state index contributed by atoms with van der Waals surface area (Å²) in [6.45, 7) is 0. The van der Waals surface area contributed by atoms with Crippen LogP contribution >= 0.6 is 0 Å². The first kappa shape index (κ1) is 34.9. The van der Waals surface area contributed by atoms with Crippen LogP contribution in [0, 0.1) is 0 Å². The predicted octanol–water partition coefficient (Wildman–Crippen LogP) is 5.12. The average molecular weight is 762 g/mol. The summed E-state index contributed by atoms with van der Waals surface area (Å²) in [6, 6.07) is 42.8. The number of aromatic amines is 2. The van der Waals surface area contributed by atoms with E-state index in [0.29, 0.717) is 0 Å². The summed E-state index contributed by atoms with van der Waals surface area (Å²) in [6.07, 6.45) is 8.32. The van der Waals surface area contributed by atoms with Crippen LogP contribution < -0.4 is 20.7 Å². The van der Waals surface area contributed by atoms with Gasteiger partial charge >= 0.3 is 344 Å². The molecule has 4 nitrogen and oxygen atoms in total. The fourth-order valence-corrected chi connectivity index (χ4v) is 15.9. The molecular weight excluding hydrogens is 732 g/mol. The van der Waals surface area contributed by atoms with Gasteiger partial charge in [0, 0.05) is 0 Å². The van der Waals surface area contributed by atoms with Gasteiger partial charge in [-0.25, -0.2) is 0 Å². The van der Waals surface area contributed by atoms with E-state index in [1.807, 2.05) is 22.4 Å². The van der Waals surface area contributed by atoms with Crippen LogP contribution in [0.2, 0.25) is 0 Å². The fraction of sp³-hybridized carbons (Fsp3) is 0. The molecule has 2 N–H and O–H groups in total. The monoisotopic (exact) mass is 762 g/mol. The molecule has 7 aromatic rings. The standard InChI is InChI=1S/C48H30B4N4Si2/c49-25-57(26-50)43-7-3-1-5-35(43)37-15-9-29(21-45(37)57)47-39-17-11-31(53-39)23-33-13-19-41(55-33)48(42-20-14-34(56-42)24-32-12-18-40(47)54-32)30-10-16-38-36-6-2-4-8-44(36)58(27-51,28-52)46(38)22-30/h1-28,53,56H. The SMILES string of the molecule is [B]=C[Si]1(C=[B])c2ccccc2-c2ccc(-c3c4nc(cc5ccc([nH]5)c(-c5ccc6c(c5)[Si](C=[B])(C=[B])c5ccccc5-6)c5nc(cc6ccc3[nH]6)C=C5)C=C4)cc21. The molecule has 0 fully saturated rings. The van der Waals surface area contributed by atoms with Gasteiger partial charge in [0.05, 0.1) is 0 Å². The van der Waals surface area contributed by atoms with Crippen molar-refractivity contribution in [2.45, 2.75) is 0 Å². The molecule has 7 heterocycles. The molecule has 58 heavy (non-hydrogen) atoms. The van der Waals surface area contributed by atoms with Crippen molar-refractivity contribution in [3.05, 3.63) is 144 Å². The first-order valence-electron chi connectivity index (χ1n) is 19.3. The van der Waals surface area contributed by atoms with Crippen molar-refractivity contribution in [1.82, 2.24) is 19.9 Å². The molecule has 4 aliphatic heterocycles. The number of nitrogens with one attached hydrogen (secondary N) is 2. The van der Waals surface area contributed by atoms with Gasteiger partial charge in [-0.15, -0.1) is 0 Å². The van der Waals surface area contributed by atoms with Gasteiger partial charge in [-0.2, -0.15) is 0 Å². The fourth-order valence-electron chi connectivity index (χ4n) is 9.51. The van der Waals surface area contributed by atoms with Crippen LogP contribution in [0.1, 0.15) is 22.8 Å². The summed E-state index contributed by atoms with van der Waals surface area (Å²) in [5.41, 5.74) is 23.3. The van der Waals surface area contributed by atoms with Crippen LogP contribution in [0.25, 0.3) is 90.9 Å². The van der Waals surface area contributed by atoms with E-state index in [0.717, 1.165) is 67.1 Å². The predicted molar refractivity (Wildman–Crippen MR) is 258 cm³/mol. The molecule has 4 aromatic carbocycles. The molecule has 0 saturated carbocycles. The molecule has 0 spiro atoms. The second-order valence-corrected chi connectivity index (χ2v) is 22.2. The number of fused-ring (bicyclic) bond motifs is 14. The van der Waals surface area contributed by atoms with Crippen molar-refractivity contribution in [1.29, 1.82) is 0 Å². The van der Waals surface area contributed by atoms with Gasteiger partial charge in [-0.1, -0.05) is 0 Å². The van der Waals surface area contributed by atoms with Gasteiger partial charge in [-0.3, -0.25) is 0 Å². The number of nitrogens with zero attached hydrogens (tertiary/aromatic N) is 2. The summed E-state index contributed by atoms with van der Waals surface area (Å²) in [5, 5.41) is 4.77. The summed E-state index contributed by atoms with van der Waals surface area (Å²) < 4.78 is 0. The van der Waals surface area contributed by atoms with Crippen LogP contribution in [0.5, 0.6) is 0 Å². The summed E-state index contributed by atoms with van der Waals surface area (Å²) in [5.74, 6) is 0. The molecule has 4 radical (unpaired) electrons. The quantitative estimate of drug-likeness (QED) is 0.232. The Balaban J connectivity index is 1.13. The molecule has 0 amide bonds. The van der Waals surface area contributed by atoms with E-state index >= 15 is 0 Å². The maximum absolute atomic E-state index is 6.48. The average Bonchev–Trinajstić information content (AvgIpc) is 4.13. The van der Waals surface area contributed by atoms with Gasteiger partial charge < -0.3 is 0 Å². The minimum atomic E-state index is -2.62. The minimum absolute atomic E-state index is 0.840. The number of hydrogen-bond donors (Lipinski definition) is 2. The molecule has 0 aliphatic carbocycles. The Morgan fingerprint density at radius 2 is 0.828 bits per heavy atom. The van der Waals surface area contributed by atoms with Gasteiger partial charge in [0.15, 0.2) is 0 Å². The first-order chi connectivity index (χ1) is 28.5. The van der Waals surface area contributed by atoms with E-state index < -0.39 is 16.1 Å². The van der Waals surface area contributed by atoms with Crippen molar-refractivity contribution in [2.75, 3.05) is 0 Å². The van der Waals surface area contributed by atoms with E-state index in [4.69, 9.17) is 39.9 Å². The molecule has 8 bridgehead atoms. The molecular formula is C48H30B4N4Si2. The van der Waals surface area contributed by atoms with Crippen molar-refractivity contribution >= 4 is 136 Å². The Labute approximate surface area is 342 Å². The van der Waals surface area contributed by atoms with Crippen molar-refractivity contribution < 1.29 is 0 Å². The molecule has 11 rings (SSSR count). The van der Waals surface area contributed by atoms with Crippen LogP contribution in [0.4, 0.5) is 0 Å². The Morgan fingerprint density at radius 3 is 1.26 bits per heavy atom. The second-order valence-electron chi connectivity index (χ2n) is 15.2. The van der Waals surface area contributed by atoms with Gasteiger partial charge in [0.25, 0.3) is 0 Å². The van der Waals surface area contributed by atoms with Crippen LogP contribution in [0.15, 0.2) is 121 Å². The molecule has 4 aliphatic rings. The third-order valence-corrected chi connectivity index (χ3v) is 19.7. The molecule has 0 unspecified atom stereocenters. The normalized spacial score (nSPS) is 14.6. The number of hydrogen-bond acceptors (Lipinski definition) is 2. The first-order valence-corrected chi connectivity index (χ1v) is 23.6. The molecule has 3 aromatic heterocycles. The Hall–Kier alpha value is -6.35. The van der Waals surface area contributed by atoms with Crippen LogP contribution in [-0.2, 0) is 0 Å². The number of benzene rings is 4. The zero-order chi connectivity index (χ0) is 39.2. The summed E-state index contributed by atoms with van der Waals surface area (Å²) >= 11 is 0. The molecule has 10 heteroatoms. The topological polar surface area (TPSA) is 57.4 Å². The van der Waals surface area contributed by atoms with Crippen molar-refractivity contribution in [2.24, 2.45) is 0 Å². The zero-order valence-corrected chi connectivity index (χ0v) is 33.4. The zero-order valence-electron chi connectivity index (χ0n) is 31.4. The number of aromatic nitrogens is 4. The Morgan fingerprint density at radius 1 is 0.414 bits per heavy atom. The summed E-state index contributed by atoms with van der Waals surface area (Å²) in [4.78, 5) is 17.8. The van der Waals surface area contributed by atoms with Gasteiger partial charge in [0.1, 0.15) is 0 Å². The molecule has 262 valence electrons. The van der Waals surface area contributed by atoms with Crippen LogP contribution in [-0.4, -0.2) is 88.4 Å². The summed E-state index contributed by atoms with van der Waals surface area (Å²) in [7, 11) is 20.7. The number of rotatable bonds is 6.